The third kappa shape index (κ3) is 3.47. The molecule has 2 aromatic heterocycles. The molecule has 7 heteroatoms. The first-order valence-corrected chi connectivity index (χ1v) is 10.1. The maximum atomic E-state index is 13.2. The van der Waals surface area contributed by atoms with E-state index in [1.54, 1.807) is 12.3 Å². The van der Waals surface area contributed by atoms with Crippen molar-refractivity contribution in [3.8, 4) is 11.3 Å². The lowest BCUT2D eigenvalue weighted by molar-refractivity contribution is -0.117. The van der Waals surface area contributed by atoms with Crippen LogP contribution in [0, 0.1) is 5.92 Å². The average Bonchev–Trinajstić information content (AvgIpc) is 3.37. The highest BCUT2D eigenvalue weighted by Crippen LogP contribution is 2.39. The van der Waals surface area contributed by atoms with E-state index in [0.29, 0.717) is 17.8 Å². The molecule has 30 heavy (non-hydrogen) atoms. The molecule has 152 valence electrons. The first kappa shape index (κ1) is 18.5. The molecule has 5 rings (SSSR count). The Labute approximate surface area is 172 Å². The van der Waals surface area contributed by atoms with E-state index in [1.807, 2.05) is 36.4 Å². The SMILES string of the molecule is O=C1CCCc2[nH]c(-c3ccnc(NC(=O)[C@H]4C[C@@H]4F)c3)c(Nc3ccccc3)c21. The summed E-state index contributed by atoms with van der Waals surface area (Å²) in [6.07, 6.45) is 2.95. The Morgan fingerprint density at radius 1 is 1.17 bits per heavy atom. The van der Waals surface area contributed by atoms with Crippen molar-refractivity contribution in [2.45, 2.75) is 31.9 Å². The first-order chi connectivity index (χ1) is 14.6. The van der Waals surface area contributed by atoms with E-state index < -0.39 is 12.1 Å². The number of nitrogens with zero attached hydrogens (tertiary/aromatic N) is 1. The van der Waals surface area contributed by atoms with Crippen molar-refractivity contribution in [3.05, 3.63) is 59.9 Å². The summed E-state index contributed by atoms with van der Waals surface area (Å²) in [4.78, 5) is 32.4. The number of rotatable bonds is 5. The summed E-state index contributed by atoms with van der Waals surface area (Å²) in [5.74, 6) is -0.458. The second-order valence-electron chi connectivity index (χ2n) is 7.77. The number of ketones is 1. The number of nitrogens with one attached hydrogen (secondary N) is 3. The summed E-state index contributed by atoms with van der Waals surface area (Å²) < 4.78 is 13.2. The van der Waals surface area contributed by atoms with E-state index >= 15 is 0 Å². The van der Waals surface area contributed by atoms with Crippen molar-refractivity contribution < 1.29 is 14.0 Å². The number of amides is 1. The van der Waals surface area contributed by atoms with Gasteiger partial charge in [0.05, 0.1) is 22.9 Å². The van der Waals surface area contributed by atoms with E-state index in [-0.39, 0.29) is 18.1 Å². The number of benzene rings is 1. The number of aromatic amines is 1. The monoisotopic (exact) mass is 404 g/mol. The van der Waals surface area contributed by atoms with Gasteiger partial charge in [0.25, 0.3) is 0 Å². The maximum absolute atomic E-state index is 13.2. The summed E-state index contributed by atoms with van der Waals surface area (Å²) in [6, 6.07) is 13.2. The highest BCUT2D eigenvalue weighted by Gasteiger charge is 2.43. The Kier molecular flexibility index (Phi) is 4.58. The number of hydrogen-bond donors (Lipinski definition) is 3. The number of para-hydroxylation sites is 1. The Hall–Kier alpha value is -3.48. The van der Waals surface area contributed by atoms with Gasteiger partial charge in [-0.25, -0.2) is 9.37 Å². The zero-order valence-electron chi connectivity index (χ0n) is 16.2. The number of Topliss-reactive ketones (excluding diaryl/α,β-unsaturated/α-hetero) is 1. The van der Waals surface area contributed by atoms with Gasteiger partial charge in [-0.3, -0.25) is 9.59 Å². The van der Waals surface area contributed by atoms with Gasteiger partial charge in [-0.15, -0.1) is 0 Å². The molecule has 2 aliphatic rings. The number of aromatic nitrogens is 2. The number of fused-ring (bicyclic) bond motifs is 1. The van der Waals surface area contributed by atoms with Crippen LogP contribution in [0.25, 0.3) is 11.3 Å². The van der Waals surface area contributed by atoms with Gasteiger partial charge in [-0.05, 0) is 43.5 Å². The molecule has 2 atom stereocenters. The van der Waals surface area contributed by atoms with E-state index in [4.69, 9.17) is 0 Å². The lowest BCUT2D eigenvalue weighted by atomic mass is 9.95. The first-order valence-electron chi connectivity index (χ1n) is 10.1. The van der Waals surface area contributed by atoms with Gasteiger partial charge in [0.15, 0.2) is 5.78 Å². The Bertz CT molecular complexity index is 1130. The fourth-order valence-corrected chi connectivity index (χ4v) is 3.91. The summed E-state index contributed by atoms with van der Waals surface area (Å²) in [5, 5.41) is 6.09. The van der Waals surface area contributed by atoms with Crippen LogP contribution in [-0.2, 0) is 11.2 Å². The highest BCUT2D eigenvalue weighted by molar-refractivity contribution is 6.07. The van der Waals surface area contributed by atoms with Crippen LogP contribution in [-0.4, -0.2) is 27.8 Å². The van der Waals surface area contributed by atoms with Crippen molar-refractivity contribution in [1.29, 1.82) is 0 Å². The molecule has 2 heterocycles. The number of pyridine rings is 1. The predicted molar refractivity (Wildman–Crippen MR) is 113 cm³/mol. The van der Waals surface area contributed by atoms with E-state index in [1.165, 1.54) is 0 Å². The largest absolute Gasteiger partial charge is 0.356 e. The standard InChI is InChI=1S/C23H21FN4O2/c24-16-12-15(16)23(30)28-19-11-13(9-10-25-19)21-22(26-14-5-2-1-3-6-14)20-17(27-21)7-4-8-18(20)29/h1-3,5-6,9-11,15-16,26-27H,4,7-8,12H2,(H,25,28,30)/t15-,16-/m0/s1. The molecule has 1 saturated carbocycles. The van der Waals surface area contributed by atoms with Crippen LogP contribution >= 0.6 is 0 Å². The number of halogens is 1. The Balaban J connectivity index is 1.53. The van der Waals surface area contributed by atoms with Gasteiger partial charge in [0.1, 0.15) is 12.0 Å². The molecule has 3 aromatic rings. The zero-order valence-corrected chi connectivity index (χ0v) is 16.2. The molecule has 3 N–H and O–H groups in total. The fourth-order valence-electron chi connectivity index (χ4n) is 3.91. The molecule has 0 unspecified atom stereocenters. The number of carbonyl (C=O) groups excluding carboxylic acids is 2. The van der Waals surface area contributed by atoms with E-state index in [2.05, 4.69) is 20.6 Å². The number of hydrogen-bond acceptors (Lipinski definition) is 4. The zero-order chi connectivity index (χ0) is 20.7. The quantitative estimate of drug-likeness (QED) is 0.578. The maximum Gasteiger partial charge on any atom is 0.231 e. The number of carbonyl (C=O) groups is 2. The topological polar surface area (TPSA) is 86.9 Å². The molecule has 0 saturated heterocycles. The third-order valence-electron chi connectivity index (χ3n) is 5.58. The minimum atomic E-state index is -1.06. The molecule has 1 amide bonds. The van der Waals surface area contributed by atoms with Crippen LogP contribution in [0.4, 0.5) is 21.6 Å². The number of H-pyrrole nitrogens is 1. The van der Waals surface area contributed by atoms with Crippen molar-refractivity contribution in [2.75, 3.05) is 10.6 Å². The van der Waals surface area contributed by atoms with Gasteiger partial charge in [-0.2, -0.15) is 0 Å². The summed E-state index contributed by atoms with van der Waals surface area (Å²) >= 11 is 0. The van der Waals surface area contributed by atoms with Crippen LogP contribution in [0.2, 0.25) is 0 Å². The van der Waals surface area contributed by atoms with Gasteiger partial charge >= 0.3 is 0 Å². The normalized spacial score (nSPS) is 19.8. The van der Waals surface area contributed by atoms with Crippen molar-refractivity contribution in [1.82, 2.24) is 9.97 Å². The molecule has 6 nitrogen and oxygen atoms in total. The lowest BCUT2D eigenvalue weighted by Crippen LogP contribution is -2.15. The molecule has 1 fully saturated rings. The van der Waals surface area contributed by atoms with Crippen molar-refractivity contribution in [2.24, 2.45) is 5.92 Å². The van der Waals surface area contributed by atoms with E-state index in [9.17, 15) is 14.0 Å². The second-order valence-corrected chi connectivity index (χ2v) is 7.77. The van der Waals surface area contributed by atoms with Crippen LogP contribution in [0.3, 0.4) is 0 Å². The minimum Gasteiger partial charge on any atom is -0.356 e. The number of alkyl halides is 1. The summed E-state index contributed by atoms with van der Waals surface area (Å²) in [7, 11) is 0. The highest BCUT2D eigenvalue weighted by atomic mass is 19.1. The smallest absolute Gasteiger partial charge is 0.231 e. The molecule has 0 spiro atoms. The Morgan fingerprint density at radius 2 is 1.97 bits per heavy atom. The Morgan fingerprint density at radius 3 is 2.73 bits per heavy atom. The predicted octanol–water partition coefficient (Wildman–Crippen LogP) is 4.64. The number of aryl methyl sites for hydroxylation is 1. The van der Waals surface area contributed by atoms with Crippen molar-refractivity contribution >= 4 is 28.9 Å². The molecule has 0 aliphatic heterocycles. The van der Waals surface area contributed by atoms with Gasteiger partial charge in [-0.1, -0.05) is 18.2 Å². The van der Waals surface area contributed by atoms with E-state index in [0.717, 1.165) is 41.2 Å². The fraction of sp³-hybridized carbons (Fsp3) is 0.261. The average molecular weight is 404 g/mol. The van der Waals surface area contributed by atoms with Gasteiger partial charge in [0, 0.05) is 29.6 Å². The van der Waals surface area contributed by atoms with Crippen LogP contribution in [0.5, 0.6) is 0 Å². The van der Waals surface area contributed by atoms with Crippen LogP contribution < -0.4 is 10.6 Å². The summed E-state index contributed by atoms with van der Waals surface area (Å²) in [5.41, 5.74) is 4.78. The van der Waals surface area contributed by atoms with Gasteiger partial charge < -0.3 is 15.6 Å². The molecule has 0 radical (unpaired) electrons. The van der Waals surface area contributed by atoms with Crippen LogP contribution in [0.1, 0.15) is 35.3 Å². The molecular weight excluding hydrogens is 383 g/mol. The second kappa shape index (κ2) is 7.40. The van der Waals surface area contributed by atoms with Crippen LogP contribution in [0.15, 0.2) is 48.7 Å². The lowest BCUT2D eigenvalue weighted by Gasteiger charge is -2.14. The third-order valence-corrected chi connectivity index (χ3v) is 5.58. The minimum absolute atomic E-state index is 0.113. The molecule has 0 bridgehead atoms. The molecule has 2 aliphatic carbocycles. The summed E-state index contributed by atoms with van der Waals surface area (Å²) in [6.45, 7) is 0. The molecular formula is C23H21FN4O2. The molecule has 1 aromatic carbocycles. The number of anilines is 3. The van der Waals surface area contributed by atoms with Gasteiger partial charge in [0.2, 0.25) is 5.91 Å². The van der Waals surface area contributed by atoms with Crippen molar-refractivity contribution in [3.63, 3.8) is 0 Å².